The zero-order chi connectivity index (χ0) is 14.7. The molecule has 0 aromatic heterocycles. The topological polar surface area (TPSA) is 66.4 Å². The van der Waals surface area contributed by atoms with Crippen LogP contribution in [0, 0.1) is 18.8 Å². The number of aliphatic carboxylic acids is 1. The Labute approximate surface area is 122 Å². The average molecular weight is 294 g/mol. The normalized spacial score (nSPS) is 22.0. The van der Waals surface area contributed by atoms with Gasteiger partial charge < -0.3 is 10.4 Å². The predicted octanol–water partition coefficient (Wildman–Crippen LogP) is 3.17. The Morgan fingerprint density at radius 1 is 1.30 bits per heavy atom. The third-order valence-corrected chi connectivity index (χ3v) is 3.86. The van der Waals surface area contributed by atoms with E-state index in [2.05, 4.69) is 5.32 Å². The highest BCUT2D eigenvalue weighted by Crippen LogP contribution is 2.33. The van der Waals surface area contributed by atoms with Crippen molar-refractivity contribution in [2.45, 2.75) is 19.8 Å². The SMILES string of the molecule is Cc1ccccc1NC(=O)[C@@H]1CC(Cl)=CC[C@@H]1C(=O)O. The predicted molar refractivity (Wildman–Crippen MR) is 77.6 cm³/mol. The number of amides is 1. The van der Waals surface area contributed by atoms with Crippen LogP contribution < -0.4 is 5.32 Å². The Balaban J connectivity index is 2.17. The lowest BCUT2D eigenvalue weighted by Crippen LogP contribution is -2.35. The second-order valence-electron chi connectivity index (χ2n) is 4.95. The van der Waals surface area contributed by atoms with Gasteiger partial charge in [-0.05, 0) is 31.4 Å². The summed E-state index contributed by atoms with van der Waals surface area (Å²) in [6.07, 6.45) is 2.24. The Kier molecular flexibility index (Phi) is 4.45. The summed E-state index contributed by atoms with van der Waals surface area (Å²) < 4.78 is 0. The number of carboxylic acids is 1. The zero-order valence-electron chi connectivity index (χ0n) is 11.1. The van der Waals surface area contributed by atoms with Crippen molar-refractivity contribution in [3.8, 4) is 0 Å². The quantitative estimate of drug-likeness (QED) is 0.899. The molecule has 0 aliphatic heterocycles. The lowest BCUT2D eigenvalue weighted by molar-refractivity contribution is -0.146. The monoisotopic (exact) mass is 293 g/mol. The standard InChI is InChI=1S/C15H16ClNO3/c1-9-4-2-3-5-13(9)17-14(18)12-8-10(16)6-7-11(12)15(19)20/h2-6,11-12H,7-8H2,1H3,(H,17,18)(H,19,20)/t11-,12+/m0/s1. The first-order valence-electron chi connectivity index (χ1n) is 6.43. The lowest BCUT2D eigenvalue weighted by atomic mass is 9.82. The molecule has 4 nitrogen and oxygen atoms in total. The number of rotatable bonds is 3. The van der Waals surface area contributed by atoms with Crippen molar-refractivity contribution >= 4 is 29.2 Å². The number of nitrogens with one attached hydrogen (secondary N) is 1. The van der Waals surface area contributed by atoms with Crippen LogP contribution in [0.2, 0.25) is 0 Å². The molecule has 1 aliphatic rings. The van der Waals surface area contributed by atoms with E-state index in [-0.39, 0.29) is 12.3 Å². The largest absolute Gasteiger partial charge is 0.481 e. The van der Waals surface area contributed by atoms with Crippen LogP contribution in [0.5, 0.6) is 0 Å². The molecule has 0 saturated carbocycles. The van der Waals surface area contributed by atoms with E-state index in [1.165, 1.54) is 0 Å². The van der Waals surface area contributed by atoms with E-state index in [9.17, 15) is 14.7 Å². The second kappa shape index (κ2) is 6.09. The molecule has 1 amide bonds. The molecule has 0 bridgehead atoms. The van der Waals surface area contributed by atoms with E-state index >= 15 is 0 Å². The van der Waals surface area contributed by atoms with Crippen molar-refractivity contribution in [1.29, 1.82) is 0 Å². The summed E-state index contributed by atoms with van der Waals surface area (Å²) in [5.41, 5.74) is 1.64. The fourth-order valence-electron chi connectivity index (χ4n) is 2.34. The molecule has 1 aromatic carbocycles. The molecule has 0 saturated heterocycles. The van der Waals surface area contributed by atoms with Gasteiger partial charge in [-0.1, -0.05) is 35.9 Å². The van der Waals surface area contributed by atoms with Crippen molar-refractivity contribution in [3.05, 3.63) is 40.9 Å². The molecule has 1 aliphatic carbocycles. The van der Waals surface area contributed by atoms with Gasteiger partial charge in [-0.25, -0.2) is 0 Å². The van der Waals surface area contributed by atoms with E-state index in [1.54, 1.807) is 12.1 Å². The summed E-state index contributed by atoms with van der Waals surface area (Å²) in [6.45, 7) is 1.89. The molecule has 1 aromatic rings. The van der Waals surface area contributed by atoms with Crippen LogP contribution in [0.4, 0.5) is 5.69 Å². The fourth-order valence-corrected chi connectivity index (χ4v) is 2.60. The van der Waals surface area contributed by atoms with Crippen molar-refractivity contribution in [1.82, 2.24) is 0 Å². The van der Waals surface area contributed by atoms with E-state index in [4.69, 9.17) is 11.6 Å². The number of allylic oxidation sites excluding steroid dienone is 2. The summed E-state index contributed by atoms with van der Waals surface area (Å²) >= 11 is 5.95. The molecular weight excluding hydrogens is 278 g/mol. The minimum absolute atomic E-state index is 0.274. The van der Waals surface area contributed by atoms with Crippen molar-refractivity contribution in [2.24, 2.45) is 11.8 Å². The Morgan fingerprint density at radius 3 is 2.65 bits per heavy atom. The first-order chi connectivity index (χ1) is 9.49. The van der Waals surface area contributed by atoms with Gasteiger partial charge in [0.2, 0.25) is 5.91 Å². The molecule has 0 radical (unpaired) electrons. The number of hydrogen-bond donors (Lipinski definition) is 2. The Bertz CT molecular complexity index is 568. The molecule has 0 fully saturated rings. The second-order valence-corrected chi connectivity index (χ2v) is 5.43. The van der Waals surface area contributed by atoms with Crippen LogP contribution in [-0.4, -0.2) is 17.0 Å². The van der Waals surface area contributed by atoms with Crippen LogP contribution in [0.25, 0.3) is 0 Å². The van der Waals surface area contributed by atoms with Crippen molar-refractivity contribution in [2.75, 3.05) is 5.32 Å². The number of carbonyl (C=O) groups is 2. The van der Waals surface area contributed by atoms with E-state index in [1.807, 2.05) is 25.1 Å². The smallest absolute Gasteiger partial charge is 0.307 e. The fraction of sp³-hybridized carbons (Fsp3) is 0.333. The van der Waals surface area contributed by atoms with Gasteiger partial charge in [0.15, 0.2) is 0 Å². The summed E-state index contributed by atoms with van der Waals surface area (Å²) in [5.74, 6) is -2.61. The molecule has 106 valence electrons. The maximum absolute atomic E-state index is 12.3. The van der Waals surface area contributed by atoms with Gasteiger partial charge in [0.25, 0.3) is 0 Å². The Morgan fingerprint density at radius 2 is 2.00 bits per heavy atom. The number of aryl methyl sites for hydroxylation is 1. The van der Waals surface area contributed by atoms with E-state index in [0.717, 1.165) is 5.56 Å². The highest BCUT2D eigenvalue weighted by molar-refractivity contribution is 6.29. The van der Waals surface area contributed by atoms with Crippen molar-refractivity contribution < 1.29 is 14.7 Å². The Hall–Kier alpha value is -1.81. The zero-order valence-corrected chi connectivity index (χ0v) is 11.9. The summed E-state index contributed by atoms with van der Waals surface area (Å²) in [6, 6.07) is 7.39. The maximum Gasteiger partial charge on any atom is 0.307 e. The molecule has 2 N–H and O–H groups in total. The minimum atomic E-state index is -0.963. The van der Waals surface area contributed by atoms with Gasteiger partial charge in [-0.3, -0.25) is 9.59 Å². The van der Waals surface area contributed by atoms with E-state index in [0.29, 0.717) is 17.1 Å². The third kappa shape index (κ3) is 3.20. The first kappa shape index (κ1) is 14.6. The molecule has 0 unspecified atom stereocenters. The molecule has 0 spiro atoms. The van der Waals surface area contributed by atoms with Gasteiger partial charge >= 0.3 is 5.97 Å². The van der Waals surface area contributed by atoms with Crippen LogP contribution in [0.3, 0.4) is 0 Å². The summed E-state index contributed by atoms with van der Waals surface area (Å²) in [7, 11) is 0. The number of halogens is 1. The summed E-state index contributed by atoms with van der Waals surface area (Å²) in [4.78, 5) is 23.6. The number of para-hydroxylation sites is 1. The minimum Gasteiger partial charge on any atom is -0.481 e. The number of anilines is 1. The van der Waals surface area contributed by atoms with Gasteiger partial charge in [-0.15, -0.1) is 0 Å². The molecular formula is C15H16ClNO3. The first-order valence-corrected chi connectivity index (χ1v) is 6.80. The van der Waals surface area contributed by atoms with E-state index < -0.39 is 17.8 Å². The molecule has 2 rings (SSSR count). The molecule has 20 heavy (non-hydrogen) atoms. The highest BCUT2D eigenvalue weighted by atomic mass is 35.5. The molecule has 2 atom stereocenters. The molecule has 0 heterocycles. The van der Waals surface area contributed by atoms with Gasteiger partial charge in [0.1, 0.15) is 0 Å². The highest BCUT2D eigenvalue weighted by Gasteiger charge is 2.36. The van der Waals surface area contributed by atoms with Gasteiger partial charge in [0.05, 0.1) is 11.8 Å². The third-order valence-electron chi connectivity index (χ3n) is 3.55. The maximum atomic E-state index is 12.3. The molecule has 5 heteroatoms. The van der Waals surface area contributed by atoms with Crippen molar-refractivity contribution in [3.63, 3.8) is 0 Å². The summed E-state index contributed by atoms with van der Waals surface area (Å²) in [5, 5.41) is 12.6. The number of hydrogen-bond acceptors (Lipinski definition) is 2. The van der Waals surface area contributed by atoms with Gasteiger partial charge in [-0.2, -0.15) is 0 Å². The van der Waals surface area contributed by atoms with Crippen LogP contribution in [0.15, 0.2) is 35.4 Å². The number of carbonyl (C=O) groups excluding carboxylic acids is 1. The van der Waals surface area contributed by atoms with Crippen LogP contribution in [0.1, 0.15) is 18.4 Å². The number of benzene rings is 1. The average Bonchev–Trinajstić information content (AvgIpc) is 2.40. The number of carboxylic acid groups (broad SMARTS) is 1. The van der Waals surface area contributed by atoms with Gasteiger partial charge in [0, 0.05) is 10.7 Å². The van der Waals surface area contributed by atoms with Crippen LogP contribution in [-0.2, 0) is 9.59 Å². The lowest BCUT2D eigenvalue weighted by Gasteiger charge is -2.26. The van der Waals surface area contributed by atoms with Crippen LogP contribution >= 0.6 is 11.6 Å².